The van der Waals surface area contributed by atoms with Crippen LogP contribution in [0.15, 0.2) is 42.5 Å². The first-order chi connectivity index (χ1) is 9.82. The number of hydrogen-bond acceptors (Lipinski definition) is 2. The second-order valence-electron chi connectivity index (χ2n) is 4.29. The number of carboxylic acid groups (broad SMARTS) is 1. The average Bonchev–Trinajstić information content (AvgIpc) is 2.45. The van der Waals surface area contributed by atoms with Gasteiger partial charge >= 0.3 is 12.1 Å². The van der Waals surface area contributed by atoms with E-state index < -0.39 is 17.7 Å². The molecule has 0 radical (unpaired) electrons. The fraction of sp³-hybridized carbons (Fsp3) is 0.133. The first-order valence-electron chi connectivity index (χ1n) is 5.92. The minimum atomic E-state index is -4.53. The van der Waals surface area contributed by atoms with Gasteiger partial charge in [0.15, 0.2) is 0 Å². The number of hydrogen-bond donors (Lipinski definition) is 1. The van der Waals surface area contributed by atoms with Crippen molar-refractivity contribution in [2.45, 2.75) is 6.18 Å². The molecule has 0 saturated heterocycles. The first kappa shape index (κ1) is 14.9. The predicted octanol–water partition coefficient (Wildman–Crippen LogP) is 4.08. The number of methoxy groups -OCH3 is 1. The molecule has 0 amide bonds. The second-order valence-corrected chi connectivity index (χ2v) is 4.29. The zero-order valence-electron chi connectivity index (χ0n) is 10.9. The quantitative estimate of drug-likeness (QED) is 0.928. The Balaban J connectivity index is 2.59. The standard InChI is InChI=1S/C15H11F3O3/c1-21-11-5-2-9(3-6-11)13-8-10(15(16,17)18)4-7-12(13)14(19)20/h2-8H,1H3,(H,19,20). The Morgan fingerprint density at radius 2 is 1.71 bits per heavy atom. The maximum absolute atomic E-state index is 12.8. The summed E-state index contributed by atoms with van der Waals surface area (Å²) in [7, 11) is 1.46. The van der Waals surface area contributed by atoms with E-state index in [0.717, 1.165) is 18.2 Å². The van der Waals surface area contributed by atoms with Crippen LogP contribution in [-0.2, 0) is 6.18 Å². The van der Waals surface area contributed by atoms with E-state index in [2.05, 4.69) is 0 Å². The van der Waals surface area contributed by atoms with Gasteiger partial charge in [-0.05, 0) is 41.5 Å². The molecule has 0 bridgehead atoms. The molecule has 0 aliphatic heterocycles. The molecule has 2 aromatic rings. The van der Waals surface area contributed by atoms with Crippen LogP contribution in [0.2, 0.25) is 0 Å². The van der Waals surface area contributed by atoms with Crippen LogP contribution in [-0.4, -0.2) is 18.2 Å². The first-order valence-corrected chi connectivity index (χ1v) is 5.92. The Morgan fingerprint density at radius 3 is 2.19 bits per heavy atom. The number of benzene rings is 2. The van der Waals surface area contributed by atoms with Crippen LogP contribution in [0.1, 0.15) is 15.9 Å². The number of ether oxygens (including phenoxy) is 1. The van der Waals surface area contributed by atoms with Crippen LogP contribution in [0, 0.1) is 0 Å². The minimum Gasteiger partial charge on any atom is -0.497 e. The Labute approximate surface area is 118 Å². The van der Waals surface area contributed by atoms with Crippen molar-refractivity contribution in [3.8, 4) is 16.9 Å². The molecule has 3 nitrogen and oxygen atoms in total. The third kappa shape index (κ3) is 3.16. The molecular weight excluding hydrogens is 285 g/mol. The Kier molecular flexibility index (Phi) is 3.88. The van der Waals surface area contributed by atoms with Gasteiger partial charge in [-0.1, -0.05) is 12.1 Å². The summed E-state index contributed by atoms with van der Waals surface area (Å²) in [6, 6.07) is 8.70. The van der Waals surface area contributed by atoms with E-state index in [1.54, 1.807) is 12.1 Å². The van der Waals surface area contributed by atoms with E-state index >= 15 is 0 Å². The highest BCUT2D eigenvalue weighted by Crippen LogP contribution is 2.34. The van der Waals surface area contributed by atoms with Gasteiger partial charge in [0.2, 0.25) is 0 Å². The van der Waals surface area contributed by atoms with Gasteiger partial charge in [0.05, 0.1) is 18.2 Å². The number of carbonyl (C=O) groups is 1. The maximum atomic E-state index is 12.8. The zero-order valence-corrected chi connectivity index (χ0v) is 10.9. The molecule has 0 fully saturated rings. The Hall–Kier alpha value is -2.50. The molecule has 0 aliphatic carbocycles. The number of halogens is 3. The summed E-state index contributed by atoms with van der Waals surface area (Å²) in [5.41, 5.74) is -0.689. The monoisotopic (exact) mass is 296 g/mol. The van der Waals surface area contributed by atoms with Crippen molar-refractivity contribution in [2.24, 2.45) is 0 Å². The van der Waals surface area contributed by atoms with Crippen molar-refractivity contribution >= 4 is 5.97 Å². The molecule has 1 N–H and O–H groups in total. The third-order valence-corrected chi connectivity index (χ3v) is 2.98. The molecule has 21 heavy (non-hydrogen) atoms. The molecule has 6 heteroatoms. The fourth-order valence-corrected chi connectivity index (χ4v) is 1.92. The van der Waals surface area contributed by atoms with E-state index in [1.807, 2.05) is 0 Å². The van der Waals surface area contributed by atoms with Crippen LogP contribution in [0.25, 0.3) is 11.1 Å². The van der Waals surface area contributed by atoms with Crippen molar-refractivity contribution in [3.05, 3.63) is 53.6 Å². The normalized spacial score (nSPS) is 11.2. The van der Waals surface area contributed by atoms with Gasteiger partial charge in [0.25, 0.3) is 0 Å². The van der Waals surface area contributed by atoms with Gasteiger partial charge in [-0.2, -0.15) is 13.2 Å². The minimum absolute atomic E-state index is 0.0139. The van der Waals surface area contributed by atoms with Crippen molar-refractivity contribution in [3.63, 3.8) is 0 Å². The molecule has 0 aliphatic rings. The third-order valence-electron chi connectivity index (χ3n) is 2.98. The van der Waals surface area contributed by atoms with Crippen LogP contribution >= 0.6 is 0 Å². The number of aromatic carboxylic acids is 1. The van der Waals surface area contributed by atoms with Gasteiger partial charge in [0, 0.05) is 0 Å². The number of rotatable bonds is 3. The molecule has 2 aromatic carbocycles. The van der Waals surface area contributed by atoms with Gasteiger partial charge in [-0.25, -0.2) is 4.79 Å². The largest absolute Gasteiger partial charge is 0.497 e. The molecule has 0 saturated carbocycles. The highest BCUT2D eigenvalue weighted by atomic mass is 19.4. The van der Waals surface area contributed by atoms with Crippen LogP contribution in [0.4, 0.5) is 13.2 Å². The molecule has 0 aromatic heterocycles. The summed E-state index contributed by atoms with van der Waals surface area (Å²) in [6.07, 6.45) is -4.53. The Morgan fingerprint density at radius 1 is 1.10 bits per heavy atom. The number of alkyl halides is 3. The lowest BCUT2D eigenvalue weighted by molar-refractivity contribution is -0.137. The topological polar surface area (TPSA) is 46.5 Å². The summed E-state index contributed by atoms with van der Waals surface area (Å²) in [4.78, 5) is 11.2. The SMILES string of the molecule is COc1ccc(-c2cc(C(F)(F)F)ccc2C(=O)O)cc1. The number of carboxylic acids is 1. The highest BCUT2D eigenvalue weighted by Gasteiger charge is 2.31. The summed E-state index contributed by atoms with van der Waals surface area (Å²) >= 11 is 0. The van der Waals surface area contributed by atoms with Gasteiger partial charge in [0.1, 0.15) is 5.75 Å². The summed E-state index contributed by atoms with van der Waals surface area (Å²) in [6.45, 7) is 0. The van der Waals surface area contributed by atoms with E-state index in [4.69, 9.17) is 9.84 Å². The maximum Gasteiger partial charge on any atom is 0.416 e. The summed E-state index contributed by atoms with van der Waals surface area (Å²) < 4.78 is 43.3. The average molecular weight is 296 g/mol. The van der Waals surface area contributed by atoms with Crippen LogP contribution in [0.5, 0.6) is 5.75 Å². The van der Waals surface area contributed by atoms with Gasteiger partial charge in [-0.15, -0.1) is 0 Å². The van der Waals surface area contributed by atoms with Crippen molar-refractivity contribution in [1.82, 2.24) is 0 Å². The van der Waals surface area contributed by atoms with Crippen LogP contribution in [0.3, 0.4) is 0 Å². The lowest BCUT2D eigenvalue weighted by Crippen LogP contribution is -2.07. The predicted molar refractivity (Wildman–Crippen MR) is 70.4 cm³/mol. The highest BCUT2D eigenvalue weighted by molar-refractivity contribution is 5.96. The van der Waals surface area contributed by atoms with Crippen LogP contribution < -0.4 is 4.74 Å². The van der Waals surface area contributed by atoms with Crippen molar-refractivity contribution < 1.29 is 27.8 Å². The Bertz CT molecular complexity index is 661. The smallest absolute Gasteiger partial charge is 0.416 e. The summed E-state index contributed by atoms with van der Waals surface area (Å²) in [5, 5.41) is 9.12. The van der Waals surface area contributed by atoms with E-state index in [-0.39, 0.29) is 11.1 Å². The second kappa shape index (κ2) is 5.47. The van der Waals surface area contributed by atoms with E-state index in [1.165, 1.54) is 19.2 Å². The van der Waals surface area contributed by atoms with E-state index in [0.29, 0.717) is 11.3 Å². The molecule has 110 valence electrons. The molecule has 0 spiro atoms. The zero-order chi connectivity index (χ0) is 15.6. The van der Waals surface area contributed by atoms with Gasteiger partial charge < -0.3 is 9.84 Å². The lowest BCUT2D eigenvalue weighted by atomic mass is 9.97. The fourth-order valence-electron chi connectivity index (χ4n) is 1.92. The molecule has 0 heterocycles. The molecule has 2 rings (SSSR count). The van der Waals surface area contributed by atoms with Gasteiger partial charge in [-0.3, -0.25) is 0 Å². The summed E-state index contributed by atoms with van der Waals surface area (Å²) in [5.74, 6) is -0.753. The lowest BCUT2D eigenvalue weighted by Gasteiger charge is -2.12. The molecule has 0 atom stereocenters. The van der Waals surface area contributed by atoms with Crippen molar-refractivity contribution in [1.29, 1.82) is 0 Å². The van der Waals surface area contributed by atoms with E-state index in [9.17, 15) is 18.0 Å². The molecule has 0 unspecified atom stereocenters. The van der Waals surface area contributed by atoms with Crippen molar-refractivity contribution in [2.75, 3.05) is 7.11 Å². The molecular formula is C15H11F3O3.